The molecule has 0 unspecified atom stereocenters. The van der Waals surface area contributed by atoms with Gasteiger partial charge in [0.15, 0.2) is 5.78 Å². The molecule has 0 radical (unpaired) electrons. The zero-order chi connectivity index (χ0) is 17.1. The molecular formula is C21H30O. The predicted molar refractivity (Wildman–Crippen MR) is 98.5 cm³/mol. The Labute approximate surface area is 136 Å². The van der Waals surface area contributed by atoms with Gasteiger partial charge in [-0.15, -0.1) is 0 Å². The SMILES string of the molecule is CC.CC(=O)c1ccc(-c2ccc(C)cc2)cc1.CC(C)C. The fraction of sp³-hybridized carbons (Fsp3) is 0.381. The van der Waals surface area contributed by atoms with Crippen molar-refractivity contribution in [2.24, 2.45) is 5.92 Å². The highest BCUT2D eigenvalue weighted by molar-refractivity contribution is 5.94. The maximum Gasteiger partial charge on any atom is 0.159 e. The van der Waals surface area contributed by atoms with Gasteiger partial charge in [-0.1, -0.05) is 88.7 Å². The lowest BCUT2D eigenvalue weighted by molar-refractivity contribution is 0.101. The molecule has 0 aliphatic heterocycles. The number of benzene rings is 2. The summed E-state index contributed by atoms with van der Waals surface area (Å²) in [4.78, 5) is 11.1. The van der Waals surface area contributed by atoms with E-state index in [1.807, 2.05) is 38.1 Å². The van der Waals surface area contributed by atoms with Gasteiger partial charge in [-0.2, -0.15) is 0 Å². The second-order valence-corrected chi connectivity index (χ2v) is 5.73. The van der Waals surface area contributed by atoms with Crippen LogP contribution in [0.3, 0.4) is 0 Å². The molecule has 0 spiro atoms. The highest BCUT2D eigenvalue weighted by atomic mass is 16.1. The third-order valence-electron chi connectivity index (χ3n) is 2.68. The minimum Gasteiger partial charge on any atom is -0.295 e. The summed E-state index contributed by atoms with van der Waals surface area (Å²) in [6, 6.07) is 16.1. The fourth-order valence-corrected chi connectivity index (χ4v) is 1.64. The summed E-state index contributed by atoms with van der Waals surface area (Å²) in [6.07, 6.45) is 0. The van der Waals surface area contributed by atoms with Crippen LogP contribution in [0.15, 0.2) is 48.5 Å². The molecule has 0 atom stereocenters. The summed E-state index contributed by atoms with van der Waals surface area (Å²) < 4.78 is 0. The van der Waals surface area contributed by atoms with Gasteiger partial charge in [0.25, 0.3) is 0 Å². The normalized spacial score (nSPS) is 9.27. The van der Waals surface area contributed by atoms with Gasteiger partial charge >= 0.3 is 0 Å². The summed E-state index contributed by atoms with van der Waals surface area (Å²) in [7, 11) is 0. The second-order valence-electron chi connectivity index (χ2n) is 5.73. The van der Waals surface area contributed by atoms with E-state index in [1.54, 1.807) is 6.92 Å². The van der Waals surface area contributed by atoms with E-state index in [2.05, 4.69) is 52.0 Å². The Kier molecular flexibility index (Phi) is 9.86. The molecule has 0 heterocycles. The van der Waals surface area contributed by atoms with Crippen LogP contribution < -0.4 is 0 Å². The average Bonchev–Trinajstić information content (AvgIpc) is 2.49. The van der Waals surface area contributed by atoms with Gasteiger partial charge in [-0.3, -0.25) is 4.79 Å². The molecule has 120 valence electrons. The molecule has 0 saturated heterocycles. The first-order valence-electron chi connectivity index (χ1n) is 8.08. The van der Waals surface area contributed by atoms with Crippen molar-refractivity contribution >= 4 is 5.78 Å². The van der Waals surface area contributed by atoms with Gasteiger partial charge in [0.2, 0.25) is 0 Å². The molecule has 0 N–H and O–H groups in total. The lowest BCUT2D eigenvalue weighted by atomic mass is 10.0. The molecule has 0 amide bonds. The van der Waals surface area contributed by atoms with Crippen molar-refractivity contribution in [1.29, 1.82) is 0 Å². The first-order valence-corrected chi connectivity index (χ1v) is 8.08. The van der Waals surface area contributed by atoms with E-state index >= 15 is 0 Å². The predicted octanol–water partition coefficient (Wildman–Crippen LogP) is 6.55. The van der Waals surface area contributed by atoms with Crippen molar-refractivity contribution in [3.63, 3.8) is 0 Å². The van der Waals surface area contributed by atoms with E-state index in [0.29, 0.717) is 0 Å². The highest BCUT2D eigenvalue weighted by Crippen LogP contribution is 2.20. The molecule has 2 aromatic rings. The zero-order valence-corrected chi connectivity index (χ0v) is 15.1. The van der Waals surface area contributed by atoms with Gasteiger partial charge in [-0.05, 0) is 30.9 Å². The van der Waals surface area contributed by atoms with Crippen LogP contribution in [0.4, 0.5) is 0 Å². The van der Waals surface area contributed by atoms with Gasteiger partial charge < -0.3 is 0 Å². The highest BCUT2D eigenvalue weighted by Gasteiger charge is 2.00. The van der Waals surface area contributed by atoms with Gasteiger partial charge in [0.05, 0.1) is 0 Å². The van der Waals surface area contributed by atoms with Gasteiger partial charge in [0, 0.05) is 5.56 Å². The summed E-state index contributed by atoms with van der Waals surface area (Å²) >= 11 is 0. The van der Waals surface area contributed by atoms with E-state index in [1.165, 1.54) is 11.1 Å². The Balaban J connectivity index is 0.000000640. The van der Waals surface area contributed by atoms with Crippen LogP contribution in [0.5, 0.6) is 0 Å². The summed E-state index contributed by atoms with van der Waals surface area (Å²) in [5.74, 6) is 0.940. The lowest BCUT2D eigenvalue weighted by Crippen LogP contribution is -1.90. The van der Waals surface area contributed by atoms with E-state index in [9.17, 15) is 4.79 Å². The van der Waals surface area contributed by atoms with Crippen LogP contribution in [0.1, 0.15) is 57.5 Å². The third kappa shape index (κ3) is 7.78. The van der Waals surface area contributed by atoms with Gasteiger partial charge in [-0.25, -0.2) is 0 Å². The number of carbonyl (C=O) groups excluding carboxylic acids is 1. The number of ketones is 1. The number of hydrogen-bond donors (Lipinski definition) is 0. The first-order chi connectivity index (χ1) is 10.4. The number of rotatable bonds is 2. The largest absolute Gasteiger partial charge is 0.295 e. The maximum absolute atomic E-state index is 11.1. The Morgan fingerprint density at radius 2 is 1.09 bits per heavy atom. The molecule has 0 saturated carbocycles. The Hall–Kier alpha value is -1.89. The fourth-order valence-electron chi connectivity index (χ4n) is 1.64. The van der Waals surface area contributed by atoms with Crippen LogP contribution in [-0.2, 0) is 0 Å². The molecule has 0 bridgehead atoms. The number of carbonyl (C=O) groups is 1. The summed E-state index contributed by atoms with van der Waals surface area (Å²) in [5, 5.41) is 0. The Morgan fingerprint density at radius 1 is 0.773 bits per heavy atom. The molecule has 0 aromatic heterocycles. The van der Waals surface area contributed by atoms with Gasteiger partial charge in [0.1, 0.15) is 0 Å². The third-order valence-corrected chi connectivity index (χ3v) is 2.68. The van der Waals surface area contributed by atoms with Crippen molar-refractivity contribution in [3.8, 4) is 11.1 Å². The van der Waals surface area contributed by atoms with E-state index in [4.69, 9.17) is 0 Å². The van der Waals surface area contributed by atoms with Crippen molar-refractivity contribution < 1.29 is 4.79 Å². The first kappa shape index (κ1) is 20.1. The molecule has 0 aliphatic rings. The van der Waals surface area contributed by atoms with Crippen LogP contribution in [0.2, 0.25) is 0 Å². The van der Waals surface area contributed by atoms with E-state index < -0.39 is 0 Å². The molecule has 1 heteroatoms. The molecular weight excluding hydrogens is 268 g/mol. The second kappa shape index (κ2) is 10.8. The summed E-state index contributed by atoms with van der Waals surface area (Å²) in [6.45, 7) is 14.2. The maximum atomic E-state index is 11.1. The quantitative estimate of drug-likeness (QED) is 0.574. The molecule has 2 rings (SSSR count). The number of Topliss-reactive ketones (excluding diaryl/α,β-unsaturated/α-hetero) is 1. The molecule has 0 aliphatic carbocycles. The monoisotopic (exact) mass is 298 g/mol. The number of aryl methyl sites for hydroxylation is 1. The zero-order valence-electron chi connectivity index (χ0n) is 15.1. The van der Waals surface area contributed by atoms with E-state index in [0.717, 1.165) is 17.0 Å². The lowest BCUT2D eigenvalue weighted by Gasteiger charge is -2.03. The van der Waals surface area contributed by atoms with Crippen LogP contribution in [-0.4, -0.2) is 5.78 Å². The smallest absolute Gasteiger partial charge is 0.159 e. The Morgan fingerprint density at radius 3 is 1.41 bits per heavy atom. The minimum absolute atomic E-state index is 0.107. The topological polar surface area (TPSA) is 17.1 Å². The standard InChI is InChI=1S/C15H14O.C4H10.C2H6/c1-11-3-5-14(6-4-11)15-9-7-13(8-10-15)12(2)16;1-4(2)3;1-2/h3-10H,1-2H3;4H,1-3H3;1-2H3. The van der Waals surface area contributed by atoms with Crippen LogP contribution in [0, 0.1) is 12.8 Å². The molecule has 0 fully saturated rings. The summed E-state index contributed by atoms with van der Waals surface area (Å²) in [5.41, 5.74) is 4.34. The average molecular weight is 298 g/mol. The van der Waals surface area contributed by atoms with Crippen LogP contribution >= 0.6 is 0 Å². The number of hydrogen-bond acceptors (Lipinski definition) is 1. The van der Waals surface area contributed by atoms with Crippen LogP contribution in [0.25, 0.3) is 11.1 Å². The van der Waals surface area contributed by atoms with Crippen molar-refractivity contribution in [2.45, 2.75) is 48.5 Å². The molecule has 2 aromatic carbocycles. The Bertz CT molecular complexity index is 530. The molecule has 1 nitrogen and oxygen atoms in total. The minimum atomic E-state index is 0.107. The van der Waals surface area contributed by atoms with Crippen molar-refractivity contribution in [3.05, 3.63) is 59.7 Å². The molecule has 22 heavy (non-hydrogen) atoms. The van der Waals surface area contributed by atoms with E-state index in [-0.39, 0.29) is 5.78 Å². The van der Waals surface area contributed by atoms with Crippen molar-refractivity contribution in [2.75, 3.05) is 0 Å². The van der Waals surface area contributed by atoms with Crippen molar-refractivity contribution in [1.82, 2.24) is 0 Å².